The molecule has 1 rings (SSSR count). The van der Waals surface area contributed by atoms with Crippen LogP contribution in [0.1, 0.15) is 11.9 Å². The fraction of sp³-hybridized carbons (Fsp3) is 0.538. The molecule has 3 nitrogen and oxygen atoms in total. The van der Waals surface area contributed by atoms with Crippen LogP contribution in [0.15, 0.2) is 24.3 Å². The van der Waals surface area contributed by atoms with Gasteiger partial charge in [0.05, 0.1) is 10.2 Å². The lowest BCUT2D eigenvalue weighted by Crippen LogP contribution is -2.22. The van der Waals surface area contributed by atoms with E-state index < -0.39 is 8.32 Å². The van der Waals surface area contributed by atoms with Crippen molar-refractivity contribution < 1.29 is 13.9 Å². The van der Waals surface area contributed by atoms with Crippen LogP contribution in [0.2, 0.25) is 19.6 Å². The van der Waals surface area contributed by atoms with Crippen LogP contribution < -0.4 is 5.19 Å². The molecule has 0 N–H and O–H groups in total. The minimum Gasteiger partial charge on any atom is -0.421 e. The van der Waals surface area contributed by atoms with Crippen molar-refractivity contribution in [2.75, 3.05) is 21.3 Å². The predicted octanol–water partition coefficient (Wildman–Crippen LogP) is 2.24. The molecular weight excluding hydrogens is 260 g/mol. The predicted molar refractivity (Wildman–Crippen MR) is 78.9 cm³/mol. The van der Waals surface area contributed by atoms with Gasteiger partial charge in [0, 0.05) is 26.9 Å². The van der Waals surface area contributed by atoms with E-state index in [9.17, 15) is 0 Å². The van der Waals surface area contributed by atoms with Gasteiger partial charge in [-0.2, -0.15) is 0 Å². The van der Waals surface area contributed by atoms with Gasteiger partial charge in [0.25, 0.3) is 0 Å². The molecule has 0 saturated carbocycles. The molecule has 0 bridgehead atoms. The highest BCUT2D eigenvalue weighted by atomic mass is 28.4. The Hall–Kier alpha value is -0.466. The zero-order chi connectivity index (χ0) is 14.2. The molecule has 18 heavy (non-hydrogen) atoms. The second kappa shape index (κ2) is 8.60. The summed E-state index contributed by atoms with van der Waals surface area (Å²) in [5.74, 6) is 0. The Balaban J connectivity index is 0.000000411. The van der Waals surface area contributed by atoms with Crippen LogP contribution in [0, 0.1) is 0 Å². The monoisotopic (exact) mass is 283 g/mol. The molecule has 0 aromatic heterocycles. The molecule has 0 aliphatic rings. The first-order chi connectivity index (χ1) is 8.35. The van der Waals surface area contributed by atoms with Crippen LogP contribution in [0.5, 0.6) is 0 Å². The Morgan fingerprint density at radius 2 is 1.44 bits per heavy atom. The largest absolute Gasteiger partial charge is 0.421 e. The van der Waals surface area contributed by atoms with Gasteiger partial charge in [-0.15, -0.1) is 0 Å². The van der Waals surface area contributed by atoms with E-state index in [1.807, 2.05) is 24.3 Å². The molecule has 0 unspecified atom stereocenters. The summed E-state index contributed by atoms with van der Waals surface area (Å²) in [6.07, 6.45) is -0.293. The number of hydrogen-bond donors (Lipinski definition) is 0. The van der Waals surface area contributed by atoms with E-state index in [1.54, 1.807) is 21.3 Å². The molecule has 0 fully saturated rings. The van der Waals surface area contributed by atoms with Crippen molar-refractivity contribution in [3.63, 3.8) is 0 Å². The summed E-state index contributed by atoms with van der Waals surface area (Å²) in [6, 6.07) is 7.81. The zero-order valence-electron chi connectivity index (χ0n) is 12.1. The Morgan fingerprint density at radius 3 is 1.78 bits per heavy atom. The average molecular weight is 283 g/mol. The van der Waals surface area contributed by atoms with Crippen LogP contribution >= 0.6 is 0 Å². The van der Waals surface area contributed by atoms with Crippen LogP contribution in [0.3, 0.4) is 0 Å². The molecule has 0 aliphatic carbocycles. The third-order valence-electron chi connectivity index (χ3n) is 2.26. The lowest BCUT2D eigenvalue weighted by Gasteiger charge is -2.15. The summed E-state index contributed by atoms with van der Waals surface area (Å²) in [7, 11) is 7.34. The summed E-state index contributed by atoms with van der Waals surface area (Å²) < 4.78 is 15.3. The maximum Gasteiger partial charge on any atom is 0.183 e. The molecule has 3 radical (unpaired) electrons. The van der Waals surface area contributed by atoms with E-state index in [0.717, 1.165) is 10.8 Å². The third-order valence-corrected chi connectivity index (χ3v) is 3.94. The minimum atomic E-state index is -1.13. The first-order valence-corrected chi connectivity index (χ1v) is 9.67. The summed E-state index contributed by atoms with van der Waals surface area (Å²) >= 11 is 0. The van der Waals surface area contributed by atoms with E-state index in [0.29, 0.717) is 0 Å². The lowest BCUT2D eigenvalue weighted by molar-refractivity contribution is -0.105. The van der Waals surface area contributed by atoms with Crippen molar-refractivity contribution in [3.8, 4) is 0 Å². The second-order valence-electron chi connectivity index (χ2n) is 4.71. The van der Waals surface area contributed by atoms with Gasteiger partial charge in [-0.3, -0.25) is 0 Å². The Bertz CT molecular complexity index is 333. The van der Waals surface area contributed by atoms with E-state index in [1.165, 1.54) is 0 Å². The van der Waals surface area contributed by atoms with E-state index >= 15 is 0 Å². The van der Waals surface area contributed by atoms with Crippen molar-refractivity contribution in [1.29, 1.82) is 0 Å². The van der Waals surface area contributed by atoms with Crippen LogP contribution in [-0.2, 0) is 13.9 Å². The zero-order valence-corrected chi connectivity index (χ0v) is 14.1. The van der Waals surface area contributed by atoms with Crippen molar-refractivity contribution in [1.82, 2.24) is 0 Å². The molecule has 0 spiro atoms. The summed E-state index contributed by atoms with van der Waals surface area (Å²) in [4.78, 5) is 0. The van der Waals surface area contributed by atoms with E-state index in [4.69, 9.17) is 13.9 Å². The van der Waals surface area contributed by atoms with Crippen molar-refractivity contribution >= 4 is 23.7 Å². The molecule has 0 aliphatic heterocycles. The first kappa shape index (κ1) is 17.5. The molecule has 0 atom stereocenters. The van der Waals surface area contributed by atoms with Gasteiger partial charge in [0.1, 0.15) is 0 Å². The topological polar surface area (TPSA) is 27.7 Å². The van der Waals surface area contributed by atoms with Crippen molar-refractivity contribution in [3.05, 3.63) is 29.8 Å². The van der Waals surface area contributed by atoms with E-state index in [-0.39, 0.29) is 6.29 Å². The van der Waals surface area contributed by atoms with Crippen LogP contribution in [-0.4, -0.2) is 39.9 Å². The molecule has 1 aromatic rings. The maximum absolute atomic E-state index is 5.11. The Kier molecular flexibility index (Phi) is 8.38. The highest BCUT2D eigenvalue weighted by molar-refractivity contribution is 6.69. The average Bonchev–Trinajstić information content (AvgIpc) is 2.33. The van der Waals surface area contributed by atoms with Gasteiger partial charge in [0.15, 0.2) is 14.6 Å². The number of benzene rings is 1. The van der Waals surface area contributed by atoms with Gasteiger partial charge in [-0.1, -0.05) is 29.5 Å². The Morgan fingerprint density at radius 1 is 1.00 bits per heavy atom. The molecule has 101 valence electrons. The van der Waals surface area contributed by atoms with Crippen LogP contribution in [0.25, 0.3) is 0 Å². The van der Waals surface area contributed by atoms with Gasteiger partial charge in [0.2, 0.25) is 0 Å². The van der Waals surface area contributed by atoms with Gasteiger partial charge in [-0.25, -0.2) is 0 Å². The Labute approximate surface area is 115 Å². The number of ether oxygens (including phenoxy) is 2. The maximum atomic E-state index is 5.11. The fourth-order valence-electron chi connectivity index (χ4n) is 1.05. The fourth-order valence-corrected chi connectivity index (χ4v) is 1.35. The molecule has 0 amide bonds. The number of rotatable bonds is 4. The third kappa shape index (κ3) is 7.08. The first-order valence-electron chi connectivity index (χ1n) is 5.77. The molecule has 0 saturated heterocycles. The number of hydrogen-bond acceptors (Lipinski definition) is 3. The molecule has 0 heterocycles. The normalized spacial score (nSPS) is 11.1. The van der Waals surface area contributed by atoms with Gasteiger partial charge < -0.3 is 13.9 Å². The van der Waals surface area contributed by atoms with Crippen molar-refractivity contribution in [2.24, 2.45) is 0 Å². The molecular formula is C13H23O3Si2. The van der Waals surface area contributed by atoms with Crippen LogP contribution in [0.4, 0.5) is 0 Å². The molecule has 5 heteroatoms. The number of methoxy groups -OCH3 is 2. The smallest absolute Gasteiger partial charge is 0.183 e. The van der Waals surface area contributed by atoms with Crippen molar-refractivity contribution in [2.45, 2.75) is 25.9 Å². The SMILES string of the molecule is COC(OC)c1ccccc1[Si].CO[Si](C)(C)C. The van der Waals surface area contributed by atoms with E-state index in [2.05, 4.69) is 29.9 Å². The second-order valence-corrected chi connectivity index (χ2v) is 9.88. The highest BCUT2D eigenvalue weighted by Crippen LogP contribution is 2.13. The summed E-state index contributed by atoms with van der Waals surface area (Å²) in [5, 5.41) is 0.992. The lowest BCUT2D eigenvalue weighted by atomic mass is 10.2. The summed E-state index contributed by atoms with van der Waals surface area (Å²) in [5.41, 5.74) is 0.999. The minimum absolute atomic E-state index is 0.293. The quantitative estimate of drug-likeness (QED) is 0.626. The molecule has 1 aromatic carbocycles. The summed E-state index contributed by atoms with van der Waals surface area (Å²) in [6.45, 7) is 6.48. The standard InChI is InChI=1S/C9H11O2Si.C4H12OSi/c1-10-9(11-2)7-5-3-4-6-8(7)12;1-5-6(2,3)4/h3-6,9H,1-2H3;1-4H3. The highest BCUT2D eigenvalue weighted by Gasteiger charge is 2.10. The van der Waals surface area contributed by atoms with Gasteiger partial charge in [-0.05, 0) is 19.6 Å². The van der Waals surface area contributed by atoms with Gasteiger partial charge >= 0.3 is 0 Å².